The molecule has 536 valence electrons. The van der Waals surface area contributed by atoms with Gasteiger partial charge in [-0.1, -0.05) is 69.3 Å². The lowest BCUT2D eigenvalue weighted by Gasteiger charge is -2.34. The molecule has 4 fully saturated rings. The Labute approximate surface area is 588 Å². The number of carbonyl (C=O) groups is 4. The third kappa shape index (κ3) is 29.9. The molecule has 4 amide bonds. The van der Waals surface area contributed by atoms with Crippen molar-refractivity contribution in [2.24, 2.45) is 0 Å². The van der Waals surface area contributed by atoms with Crippen LogP contribution < -0.4 is 41.3 Å². The van der Waals surface area contributed by atoms with Gasteiger partial charge in [0.2, 0.25) is 0 Å². The Kier molecular flexibility index (Phi) is 37.3. The van der Waals surface area contributed by atoms with E-state index < -0.39 is 54.7 Å². The van der Waals surface area contributed by atoms with E-state index in [1.807, 2.05) is 142 Å². The molecule has 4 aliphatic heterocycles. The highest BCUT2D eigenvalue weighted by Gasteiger charge is 2.19. The van der Waals surface area contributed by atoms with Crippen LogP contribution in [0.2, 0.25) is 0 Å². The van der Waals surface area contributed by atoms with Crippen LogP contribution in [0.15, 0.2) is 119 Å². The fraction of sp³-hybridized carbons (Fsp3) is 0.467. The van der Waals surface area contributed by atoms with E-state index in [1.54, 1.807) is 18.2 Å². The number of hydrogen-bond donors (Lipinski definition) is 10. The SMILES string of the molecule is CCC(O)CNC(=O)/C(C#N)=C/c1ccc(N2CCCCC2)cc1.CCC(O)CNC(=O)/C(C#N)=C/c1ccc(N2CCOCC2)cc1.CCC(O)CNC(=O)/C(C#N)=C/c1ccc(NCCN2CCOCC2)cc1.CN1CCN(c2ccc(/C=C(\C#N)C(=O)NCC(O)CO)cc2)CC1. The summed E-state index contributed by atoms with van der Waals surface area (Å²) in [6, 6.07) is 38.6. The number of carbonyl (C=O) groups excluding carboxylic acids is 4. The van der Waals surface area contributed by atoms with Crippen LogP contribution in [-0.2, 0) is 28.7 Å². The standard InChI is InChI=1S/C20H28N4O3.C19H25N3O2.C18H24N4O3.C18H23N3O3/c1-2-19(25)15-23-20(26)17(14-21)13-16-3-5-18(6-4-16)22-7-8-24-9-11-27-12-10-24;1-2-18(23)14-21-19(24)16(13-20)12-15-6-8-17(9-7-15)22-10-4-3-5-11-22;1-21-6-8-22(9-7-21)16-4-2-14(3-5-16)10-15(11-19)18(25)20-12-17(24)13-23;1-2-17(22)13-20-18(23)15(12-19)11-14-3-5-16(6-4-14)21-7-9-24-10-8-21/h3-6,13,19,22,25H,2,7-12,15H2,1H3,(H,23,26);6-9,12,18,23H,2-5,10-11,14H2,1H3,(H,21,24);2-5,10,17,23-24H,6-9,12-13H2,1H3,(H,20,25);3-6,11,17,22H,2,7-10,13H2,1H3,(H,20,23)/b17-13+;16-12+;15-10+;15-11+. The molecule has 10 N–H and O–H groups in total. The molecular formula is C75H100N14O11. The van der Waals surface area contributed by atoms with Crippen molar-refractivity contribution in [3.05, 3.63) is 142 Å². The van der Waals surface area contributed by atoms with Gasteiger partial charge in [0.25, 0.3) is 23.6 Å². The Morgan fingerprint density at radius 2 is 0.750 bits per heavy atom. The molecule has 0 saturated carbocycles. The molecule has 0 bridgehead atoms. The lowest BCUT2D eigenvalue weighted by atomic mass is 10.1. The first-order valence-electron chi connectivity index (χ1n) is 34.3. The zero-order valence-electron chi connectivity index (χ0n) is 58.2. The highest BCUT2D eigenvalue weighted by molar-refractivity contribution is 6.03. The normalized spacial score (nSPS) is 16.6. The molecule has 4 heterocycles. The molecule has 25 heteroatoms. The van der Waals surface area contributed by atoms with Gasteiger partial charge < -0.3 is 81.2 Å². The van der Waals surface area contributed by atoms with Gasteiger partial charge in [-0.25, -0.2) is 0 Å². The first kappa shape index (κ1) is 81.2. The van der Waals surface area contributed by atoms with Crippen molar-refractivity contribution >= 4 is 70.7 Å². The summed E-state index contributed by atoms with van der Waals surface area (Å²) in [5.74, 6) is -1.97. The summed E-state index contributed by atoms with van der Waals surface area (Å²) in [6.45, 7) is 20.1. The molecule has 25 nitrogen and oxygen atoms in total. The smallest absolute Gasteiger partial charge is 0.262 e. The topological polar surface area (TPSA) is 359 Å². The number of amides is 4. The summed E-state index contributed by atoms with van der Waals surface area (Å²) in [4.78, 5) is 59.5. The van der Waals surface area contributed by atoms with E-state index >= 15 is 0 Å². The number of nitrogens with one attached hydrogen (secondary N) is 5. The average Bonchev–Trinajstić information content (AvgIpc) is 0.896. The van der Waals surface area contributed by atoms with Crippen molar-refractivity contribution in [2.75, 3.05) is 165 Å². The molecule has 4 saturated heterocycles. The second kappa shape index (κ2) is 46.0. The van der Waals surface area contributed by atoms with Gasteiger partial charge in [-0.15, -0.1) is 0 Å². The Hall–Kier alpha value is -9.48. The van der Waals surface area contributed by atoms with Crippen LogP contribution in [0, 0.1) is 45.3 Å². The maximum absolute atomic E-state index is 12.0. The molecule has 100 heavy (non-hydrogen) atoms. The first-order valence-corrected chi connectivity index (χ1v) is 34.3. The van der Waals surface area contributed by atoms with Crippen molar-refractivity contribution in [3.63, 3.8) is 0 Å². The monoisotopic (exact) mass is 1370 g/mol. The molecule has 0 radical (unpaired) electrons. The maximum Gasteiger partial charge on any atom is 0.262 e. The van der Waals surface area contributed by atoms with Crippen molar-refractivity contribution in [1.82, 2.24) is 31.1 Å². The number of nitrogens with zero attached hydrogens (tertiary/aromatic N) is 9. The molecule has 4 aliphatic rings. The van der Waals surface area contributed by atoms with Gasteiger partial charge in [0.15, 0.2) is 0 Å². The van der Waals surface area contributed by atoms with Crippen molar-refractivity contribution < 1.29 is 54.2 Å². The molecule has 0 aromatic heterocycles. The number of piperazine rings is 1. The van der Waals surface area contributed by atoms with E-state index in [9.17, 15) is 55.4 Å². The van der Waals surface area contributed by atoms with Gasteiger partial charge in [-0.05, 0) is 141 Å². The summed E-state index contributed by atoms with van der Waals surface area (Å²) in [7, 11) is 2.11. The van der Waals surface area contributed by atoms with Gasteiger partial charge in [0.1, 0.15) is 46.6 Å². The van der Waals surface area contributed by atoms with Crippen molar-refractivity contribution in [3.8, 4) is 24.3 Å². The third-order valence-electron chi connectivity index (χ3n) is 16.7. The van der Waals surface area contributed by atoms with Gasteiger partial charge >= 0.3 is 0 Å². The molecule has 4 aromatic carbocycles. The number of aliphatic hydroxyl groups excluding tert-OH is 5. The summed E-state index contributed by atoms with van der Waals surface area (Å²) in [5, 5.41) is 96.7. The Balaban J connectivity index is 0.000000241. The maximum atomic E-state index is 12.0. The molecule has 4 aromatic rings. The molecule has 0 aliphatic carbocycles. The van der Waals surface area contributed by atoms with E-state index in [0.29, 0.717) is 19.3 Å². The predicted octanol–water partition coefficient (Wildman–Crippen LogP) is 4.83. The number of morpholine rings is 2. The van der Waals surface area contributed by atoms with Crippen LogP contribution in [0.3, 0.4) is 0 Å². The van der Waals surface area contributed by atoms with Crippen LogP contribution >= 0.6 is 0 Å². The van der Waals surface area contributed by atoms with Crippen LogP contribution in [0.1, 0.15) is 81.5 Å². The molecule has 4 unspecified atom stereocenters. The Morgan fingerprint density at radius 3 is 1.08 bits per heavy atom. The van der Waals surface area contributed by atoms with E-state index in [1.165, 1.54) is 31.0 Å². The Morgan fingerprint density at radius 1 is 0.440 bits per heavy atom. The number of ether oxygens (including phenoxy) is 2. The van der Waals surface area contributed by atoms with E-state index in [4.69, 9.17) is 19.8 Å². The van der Waals surface area contributed by atoms with Gasteiger partial charge in [-0.2, -0.15) is 21.0 Å². The highest BCUT2D eigenvalue weighted by atomic mass is 16.5. The summed E-state index contributed by atoms with van der Waals surface area (Å²) >= 11 is 0. The Bertz CT molecular complexity index is 3330. The third-order valence-corrected chi connectivity index (χ3v) is 16.7. The first-order chi connectivity index (χ1) is 48.4. The van der Waals surface area contributed by atoms with Crippen molar-refractivity contribution in [2.45, 2.75) is 83.7 Å². The minimum Gasteiger partial charge on any atom is -0.394 e. The van der Waals surface area contributed by atoms with E-state index in [-0.39, 0.29) is 48.5 Å². The number of rotatable bonds is 27. The molecule has 0 spiro atoms. The number of likely N-dealkylation sites (N-methyl/N-ethyl adjacent to an activating group) is 1. The minimum absolute atomic E-state index is 0.0197. The second-order valence-corrected chi connectivity index (χ2v) is 24.3. The second-order valence-electron chi connectivity index (χ2n) is 24.3. The van der Waals surface area contributed by atoms with Crippen molar-refractivity contribution in [1.29, 1.82) is 21.0 Å². The van der Waals surface area contributed by atoms with Crippen LogP contribution in [-0.4, -0.2) is 228 Å². The summed E-state index contributed by atoms with van der Waals surface area (Å²) in [5.41, 5.74) is 7.58. The fourth-order valence-corrected chi connectivity index (χ4v) is 10.2. The number of anilines is 4. The fourth-order valence-electron chi connectivity index (χ4n) is 10.2. The van der Waals surface area contributed by atoms with Crippen LogP contribution in [0.25, 0.3) is 24.3 Å². The van der Waals surface area contributed by atoms with Gasteiger partial charge in [-0.3, -0.25) is 24.1 Å². The zero-order valence-corrected chi connectivity index (χ0v) is 58.2. The zero-order chi connectivity index (χ0) is 72.4. The number of hydrogen-bond acceptors (Lipinski definition) is 21. The molecule has 4 atom stereocenters. The quantitative estimate of drug-likeness (QED) is 0.0282. The van der Waals surface area contributed by atoms with E-state index in [0.717, 1.165) is 144 Å². The molecular weight excluding hydrogens is 1270 g/mol. The highest BCUT2D eigenvalue weighted by Crippen LogP contribution is 2.23. The lowest BCUT2D eigenvalue weighted by Crippen LogP contribution is -2.44. The molecule has 8 rings (SSSR count). The van der Waals surface area contributed by atoms with Crippen LogP contribution in [0.5, 0.6) is 0 Å². The van der Waals surface area contributed by atoms with Gasteiger partial charge in [0, 0.05) is 127 Å². The summed E-state index contributed by atoms with van der Waals surface area (Å²) in [6.07, 6.45) is 8.77. The number of piperidine rings is 1. The number of nitriles is 4. The van der Waals surface area contributed by atoms with Crippen LogP contribution in [0.4, 0.5) is 22.7 Å². The lowest BCUT2D eigenvalue weighted by molar-refractivity contribution is -0.118. The van der Waals surface area contributed by atoms with E-state index in [2.05, 4.69) is 58.1 Å². The summed E-state index contributed by atoms with van der Waals surface area (Å²) < 4.78 is 10.7. The largest absolute Gasteiger partial charge is 0.394 e. The average molecular weight is 1370 g/mol. The number of aliphatic hydroxyl groups is 5. The number of benzene rings is 4. The minimum atomic E-state index is -1.04. The van der Waals surface area contributed by atoms with Gasteiger partial charge in [0.05, 0.1) is 57.5 Å². The predicted molar refractivity (Wildman–Crippen MR) is 389 cm³/mol.